The van der Waals surface area contributed by atoms with Gasteiger partial charge in [-0.15, -0.1) is 0 Å². The maximum Gasteiger partial charge on any atom is 0.198 e. The fraction of sp³-hybridized carbons (Fsp3) is 0.182. The lowest BCUT2D eigenvalue weighted by molar-refractivity contribution is 0.199. The lowest BCUT2D eigenvalue weighted by atomic mass is 10.3. The zero-order chi connectivity index (χ0) is 12.3. The van der Waals surface area contributed by atoms with Gasteiger partial charge in [0, 0.05) is 17.8 Å². The summed E-state index contributed by atoms with van der Waals surface area (Å²) in [5, 5.41) is 0.659. The summed E-state index contributed by atoms with van der Waals surface area (Å²) in [5.41, 5.74) is 5.72. The Bertz CT molecular complexity index is 476. The van der Waals surface area contributed by atoms with Crippen LogP contribution < -0.4 is 10.5 Å². The summed E-state index contributed by atoms with van der Waals surface area (Å²) < 4.78 is 6.44. The molecule has 4 nitrogen and oxygen atoms in total. The summed E-state index contributed by atoms with van der Waals surface area (Å²) in [6.07, 6.45) is 3.60. The third kappa shape index (κ3) is 3.14. The Morgan fingerprint density at radius 1 is 1.53 bits per heavy atom. The molecule has 1 aromatic rings. The predicted octanol–water partition coefficient (Wildman–Crippen LogP) is 2.58. The second-order valence-corrected chi connectivity index (χ2v) is 4.73. The Morgan fingerprint density at radius 2 is 2.35 bits per heavy atom. The fourth-order valence-electron chi connectivity index (χ4n) is 1.34. The van der Waals surface area contributed by atoms with E-state index in [4.69, 9.17) is 22.1 Å². The Morgan fingerprint density at radius 3 is 3.06 bits per heavy atom. The average molecular weight is 317 g/mol. The van der Waals surface area contributed by atoms with Gasteiger partial charge in [-0.25, -0.2) is 4.99 Å². The second kappa shape index (κ2) is 5.42. The number of rotatable bonds is 3. The van der Waals surface area contributed by atoms with Crippen molar-refractivity contribution in [3.05, 3.63) is 40.0 Å². The molecule has 0 atom stereocenters. The lowest BCUT2D eigenvalue weighted by Gasteiger charge is -2.24. The van der Waals surface area contributed by atoms with Crippen molar-refractivity contribution in [3.8, 4) is 5.75 Å². The first-order valence-electron chi connectivity index (χ1n) is 4.98. The molecule has 0 radical (unpaired) electrons. The summed E-state index contributed by atoms with van der Waals surface area (Å²) in [7, 11) is 0. The number of hydrogen-bond donors (Lipinski definition) is 1. The molecule has 0 saturated carbocycles. The molecule has 90 valence electrons. The van der Waals surface area contributed by atoms with Crippen LogP contribution in [0.15, 0.2) is 39.9 Å². The van der Waals surface area contributed by atoms with Crippen LogP contribution in [0.5, 0.6) is 5.75 Å². The van der Waals surface area contributed by atoms with E-state index in [1.165, 1.54) is 0 Å². The molecule has 0 spiro atoms. The molecule has 2 rings (SSSR count). The van der Waals surface area contributed by atoms with Gasteiger partial charge in [0.1, 0.15) is 5.75 Å². The van der Waals surface area contributed by atoms with Crippen LogP contribution in [-0.4, -0.2) is 24.1 Å². The van der Waals surface area contributed by atoms with E-state index in [1.54, 1.807) is 24.4 Å². The largest absolute Gasteiger partial charge is 0.472 e. The molecule has 0 amide bonds. The first-order chi connectivity index (χ1) is 8.16. The summed E-state index contributed by atoms with van der Waals surface area (Å²) in [4.78, 5) is 5.81. The molecule has 0 fully saturated rings. The Hall–Kier alpha value is -1.20. The molecule has 1 aliphatic heterocycles. The molecule has 6 heteroatoms. The van der Waals surface area contributed by atoms with Gasteiger partial charge < -0.3 is 15.4 Å². The molecule has 0 aliphatic carbocycles. The SMILES string of the molecule is NC1=NC=CCN1COc1ccc(Cl)cc1Br. The minimum Gasteiger partial charge on any atom is -0.472 e. The Balaban J connectivity index is 1.98. The van der Waals surface area contributed by atoms with E-state index in [0.717, 1.165) is 10.2 Å². The standard InChI is InChI=1S/C11H11BrClN3O/c12-9-6-8(13)2-3-10(9)17-7-16-5-1-4-15-11(16)14/h1-4,6H,5,7H2,(H2,14,15). The van der Waals surface area contributed by atoms with Gasteiger partial charge in [0.15, 0.2) is 12.7 Å². The van der Waals surface area contributed by atoms with Crippen molar-refractivity contribution in [1.82, 2.24) is 4.90 Å². The summed E-state index contributed by atoms with van der Waals surface area (Å²) in [5.74, 6) is 1.18. The normalized spacial score (nSPS) is 14.7. The number of guanidine groups is 1. The monoisotopic (exact) mass is 315 g/mol. The number of hydrogen-bond acceptors (Lipinski definition) is 4. The van der Waals surface area contributed by atoms with Crippen molar-refractivity contribution < 1.29 is 4.74 Å². The van der Waals surface area contributed by atoms with Crippen molar-refractivity contribution in [1.29, 1.82) is 0 Å². The number of benzene rings is 1. The van der Waals surface area contributed by atoms with Crippen LogP contribution in [0.2, 0.25) is 5.02 Å². The zero-order valence-corrected chi connectivity index (χ0v) is 11.3. The van der Waals surface area contributed by atoms with E-state index >= 15 is 0 Å². The fourth-order valence-corrected chi connectivity index (χ4v) is 2.13. The summed E-state index contributed by atoms with van der Waals surface area (Å²) in [6.45, 7) is 1.04. The highest BCUT2D eigenvalue weighted by Gasteiger charge is 2.10. The maximum atomic E-state index is 5.84. The Labute approximate surface area is 113 Å². The van der Waals surface area contributed by atoms with E-state index in [1.807, 2.05) is 11.0 Å². The minimum atomic E-state index is 0.347. The van der Waals surface area contributed by atoms with Crippen LogP contribution in [0.3, 0.4) is 0 Å². The quantitative estimate of drug-likeness (QED) is 0.932. The molecular weight excluding hydrogens is 305 g/mol. The zero-order valence-electron chi connectivity index (χ0n) is 8.94. The summed E-state index contributed by atoms with van der Waals surface area (Å²) in [6, 6.07) is 5.36. The van der Waals surface area contributed by atoms with Crippen LogP contribution in [-0.2, 0) is 0 Å². The van der Waals surface area contributed by atoms with Crippen molar-refractivity contribution in [3.63, 3.8) is 0 Å². The molecule has 17 heavy (non-hydrogen) atoms. The molecule has 0 saturated heterocycles. The third-order valence-corrected chi connectivity index (χ3v) is 3.09. The van der Waals surface area contributed by atoms with Gasteiger partial charge in [0.2, 0.25) is 0 Å². The molecule has 2 N–H and O–H groups in total. The van der Waals surface area contributed by atoms with Crippen molar-refractivity contribution in [2.24, 2.45) is 10.7 Å². The van der Waals surface area contributed by atoms with Gasteiger partial charge in [-0.3, -0.25) is 0 Å². The smallest absolute Gasteiger partial charge is 0.198 e. The second-order valence-electron chi connectivity index (χ2n) is 3.44. The number of halogens is 2. The van der Waals surface area contributed by atoms with Gasteiger partial charge in [-0.05, 0) is 40.2 Å². The van der Waals surface area contributed by atoms with Crippen LogP contribution in [0.4, 0.5) is 0 Å². The average Bonchev–Trinajstić information content (AvgIpc) is 2.30. The highest BCUT2D eigenvalue weighted by molar-refractivity contribution is 9.10. The highest BCUT2D eigenvalue weighted by Crippen LogP contribution is 2.28. The topological polar surface area (TPSA) is 50.8 Å². The molecule has 0 bridgehead atoms. The summed E-state index contributed by atoms with van der Waals surface area (Å²) >= 11 is 9.23. The number of aliphatic imine (C=N–C) groups is 1. The van der Waals surface area contributed by atoms with Crippen LogP contribution in [0.25, 0.3) is 0 Å². The highest BCUT2D eigenvalue weighted by atomic mass is 79.9. The number of nitrogens with two attached hydrogens (primary N) is 1. The van der Waals surface area contributed by atoms with E-state index in [2.05, 4.69) is 20.9 Å². The molecular formula is C11H11BrClN3O. The van der Waals surface area contributed by atoms with Crippen LogP contribution in [0, 0.1) is 0 Å². The molecule has 1 aromatic carbocycles. The van der Waals surface area contributed by atoms with Crippen molar-refractivity contribution in [2.45, 2.75) is 0 Å². The van der Waals surface area contributed by atoms with Gasteiger partial charge in [-0.1, -0.05) is 11.6 Å². The minimum absolute atomic E-state index is 0.347. The lowest BCUT2D eigenvalue weighted by Crippen LogP contribution is -2.41. The first kappa shape index (κ1) is 12.3. The molecule has 0 aromatic heterocycles. The molecule has 0 unspecified atom stereocenters. The predicted molar refractivity (Wildman–Crippen MR) is 72.1 cm³/mol. The van der Waals surface area contributed by atoms with Crippen LogP contribution in [0.1, 0.15) is 0 Å². The van der Waals surface area contributed by atoms with Crippen LogP contribution >= 0.6 is 27.5 Å². The van der Waals surface area contributed by atoms with Gasteiger partial charge >= 0.3 is 0 Å². The van der Waals surface area contributed by atoms with E-state index in [-0.39, 0.29) is 0 Å². The Kier molecular flexibility index (Phi) is 3.91. The molecule has 1 heterocycles. The van der Waals surface area contributed by atoms with Gasteiger partial charge in [0.05, 0.1) is 4.47 Å². The van der Waals surface area contributed by atoms with E-state index < -0.39 is 0 Å². The number of ether oxygens (including phenoxy) is 1. The van der Waals surface area contributed by atoms with Gasteiger partial charge in [-0.2, -0.15) is 0 Å². The first-order valence-corrected chi connectivity index (χ1v) is 6.15. The third-order valence-electron chi connectivity index (χ3n) is 2.23. The maximum absolute atomic E-state index is 5.84. The van der Waals surface area contributed by atoms with Crippen molar-refractivity contribution in [2.75, 3.05) is 13.3 Å². The van der Waals surface area contributed by atoms with Crippen molar-refractivity contribution >= 4 is 33.5 Å². The number of nitrogens with zero attached hydrogens (tertiary/aromatic N) is 2. The van der Waals surface area contributed by atoms with Gasteiger partial charge in [0.25, 0.3) is 0 Å². The van der Waals surface area contributed by atoms with E-state index in [9.17, 15) is 0 Å². The molecule has 1 aliphatic rings. The van der Waals surface area contributed by atoms with E-state index in [0.29, 0.717) is 24.3 Å².